The lowest BCUT2D eigenvalue weighted by Gasteiger charge is -2.04. The van der Waals surface area contributed by atoms with Crippen LogP contribution in [-0.4, -0.2) is 24.3 Å². The van der Waals surface area contributed by atoms with Gasteiger partial charge in [-0.3, -0.25) is 0 Å². The van der Waals surface area contributed by atoms with Crippen LogP contribution in [0.25, 0.3) is 0 Å². The van der Waals surface area contributed by atoms with Crippen molar-refractivity contribution in [2.75, 3.05) is 13.2 Å². The summed E-state index contributed by atoms with van der Waals surface area (Å²) in [5, 5.41) is 8.50. The van der Waals surface area contributed by atoms with E-state index in [2.05, 4.69) is 12.1 Å². The fourth-order valence-corrected chi connectivity index (χ4v) is 1.51. The predicted molar refractivity (Wildman–Crippen MR) is 67.0 cm³/mol. The topological polar surface area (TPSA) is 46.5 Å². The molecule has 0 spiro atoms. The molecule has 0 amide bonds. The first kappa shape index (κ1) is 13.5. The molecule has 1 aromatic carbocycles. The third kappa shape index (κ3) is 6.53. The maximum absolute atomic E-state index is 10.4. The molecule has 0 radical (unpaired) electrons. The van der Waals surface area contributed by atoms with Gasteiger partial charge in [-0.15, -0.1) is 0 Å². The smallest absolute Gasteiger partial charge is 0.328 e. The highest BCUT2D eigenvalue weighted by Crippen LogP contribution is 2.03. The average Bonchev–Trinajstić information content (AvgIpc) is 2.29. The van der Waals surface area contributed by atoms with Gasteiger partial charge in [0.2, 0.25) is 0 Å². The van der Waals surface area contributed by atoms with Crippen LogP contribution in [-0.2, 0) is 16.0 Å². The Balaban J connectivity index is 2.11. The largest absolute Gasteiger partial charge is 0.478 e. The van der Waals surface area contributed by atoms with Crippen LogP contribution in [0.2, 0.25) is 0 Å². The highest BCUT2D eigenvalue weighted by Gasteiger charge is 1.96. The van der Waals surface area contributed by atoms with Gasteiger partial charge in [-0.25, -0.2) is 4.79 Å². The third-order valence-corrected chi connectivity index (χ3v) is 2.30. The molecule has 0 bridgehead atoms. The molecule has 1 aromatic rings. The van der Waals surface area contributed by atoms with E-state index < -0.39 is 5.97 Å². The van der Waals surface area contributed by atoms with Gasteiger partial charge in [0.1, 0.15) is 0 Å². The molecule has 0 saturated carbocycles. The number of carbonyl (C=O) groups is 1. The van der Waals surface area contributed by atoms with Crippen LogP contribution < -0.4 is 0 Å². The molecule has 0 aromatic heterocycles. The van der Waals surface area contributed by atoms with Crippen molar-refractivity contribution in [3.63, 3.8) is 0 Å². The van der Waals surface area contributed by atoms with E-state index in [1.807, 2.05) is 18.2 Å². The van der Waals surface area contributed by atoms with Crippen LogP contribution >= 0.6 is 0 Å². The zero-order valence-electron chi connectivity index (χ0n) is 10.1. The van der Waals surface area contributed by atoms with Crippen molar-refractivity contribution in [1.29, 1.82) is 0 Å². The molecule has 0 aliphatic rings. The van der Waals surface area contributed by atoms with Gasteiger partial charge in [0, 0.05) is 12.7 Å². The summed E-state index contributed by atoms with van der Waals surface area (Å²) in [5.74, 6) is -0.921. The molecule has 0 unspecified atom stereocenters. The van der Waals surface area contributed by atoms with Crippen molar-refractivity contribution in [2.24, 2.45) is 0 Å². The van der Waals surface area contributed by atoms with Crippen molar-refractivity contribution in [3.05, 3.63) is 47.5 Å². The van der Waals surface area contributed by atoms with E-state index in [-0.39, 0.29) is 0 Å². The number of hydrogen-bond donors (Lipinski definition) is 1. The molecule has 0 aliphatic carbocycles. The van der Waals surface area contributed by atoms with E-state index in [9.17, 15) is 4.79 Å². The molecule has 0 aliphatic heterocycles. The molecule has 92 valence electrons. The number of hydrogen-bond acceptors (Lipinski definition) is 2. The highest BCUT2D eigenvalue weighted by molar-refractivity contribution is 5.80. The number of aryl methyl sites for hydroxylation is 1. The molecule has 0 fully saturated rings. The zero-order valence-corrected chi connectivity index (χ0v) is 10.1. The Labute approximate surface area is 102 Å². The molecule has 3 nitrogen and oxygen atoms in total. The maximum atomic E-state index is 10.4. The maximum Gasteiger partial charge on any atom is 0.328 e. The lowest BCUT2D eigenvalue weighted by molar-refractivity contribution is -0.131. The second-order valence-corrected chi connectivity index (χ2v) is 3.97. The van der Waals surface area contributed by atoms with Crippen molar-refractivity contribution in [2.45, 2.75) is 19.8 Å². The summed E-state index contributed by atoms with van der Waals surface area (Å²) in [5.41, 5.74) is 2.03. The number of aliphatic carboxylic acids is 1. The lowest BCUT2D eigenvalue weighted by Crippen LogP contribution is -2.01. The second kappa shape index (κ2) is 7.63. The van der Waals surface area contributed by atoms with Gasteiger partial charge in [-0.1, -0.05) is 30.3 Å². The Hall–Kier alpha value is -1.61. The minimum atomic E-state index is -0.921. The molecule has 17 heavy (non-hydrogen) atoms. The number of ether oxygens (including phenoxy) is 1. The fourth-order valence-electron chi connectivity index (χ4n) is 1.51. The van der Waals surface area contributed by atoms with Crippen LogP contribution in [0.15, 0.2) is 42.0 Å². The molecule has 1 rings (SSSR count). The van der Waals surface area contributed by atoms with E-state index >= 15 is 0 Å². The second-order valence-electron chi connectivity index (χ2n) is 3.97. The fraction of sp³-hybridized carbons (Fsp3) is 0.357. The van der Waals surface area contributed by atoms with Crippen molar-refractivity contribution < 1.29 is 14.6 Å². The van der Waals surface area contributed by atoms with Gasteiger partial charge in [0.25, 0.3) is 0 Å². The van der Waals surface area contributed by atoms with E-state index in [4.69, 9.17) is 9.84 Å². The average molecular weight is 234 g/mol. The van der Waals surface area contributed by atoms with Crippen LogP contribution in [0.1, 0.15) is 18.9 Å². The Kier molecular flexibility index (Phi) is 6.04. The van der Waals surface area contributed by atoms with Crippen molar-refractivity contribution in [1.82, 2.24) is 0 Å². The van der Waals surface area contributed by atoms with E-state index in [0.717, 1.165) is 18.4 Å². The van der Waals surface area contributed by atoms with Gasteiger partial charge < -0.3 is 9.84 Å². The van der Waals surface area contributed by atoms with E-state index in [0.29, 0.717) is 13.2 Å². The Bertz CT molecular complexity index is 368. The molecule has 0 atom stereocenters. The van der Waals surface area contributed by atoms with Gasteiger partial charge >= 0.3 is 5.97 Å². The molecule has 0 saturated heterocycles. The first-order valence-corrected chi connectivity index (χ1v) is 5.70. The normalized spacial score (nSPS) is 11.5. The first-order valence-electron chi connectivity index (χ1n) is 5.70. The summed E-state index contributed by atoms with van der Waals surface area (Å²) < 4.78 is 5.39. The van der Waals surface area contributed by atoms with E-state index in [1.165, 1.54) is 11.6 Å². The van der Waals surface area contributed by atoms with Crippen molar-refractivity contribution in [3.8, 4) is 0 Å². The standard InChI is InChI=1S/C14H18O3/c1-12(10-14(15)16)11-17-9-5-8-13-6-3-2-4-7-13/h2-4,6-7,10H,5,8-9,11H2,1H3,(H,15,16). The summed E-state index contributed by atoms with van der Waals surface area (Å²) in [6.45, 7) is 2.80. The summed E-state index contributed by atoms with van der Waals surface area (Å²) in [6.07, 6.45) is 3.12. The van der Waals surface area contributed by atoms with Gasteiger partial charge in [-0.05, 0) is 30.9 Å². The lowest BCUT2D eigenvalue weighted by atomic mass is 10.1. The van der Waals surface area contributed by atoms with E-state index in [1.54, 1.807) is 6.92 Å². The molecular weight excluding hydrogens is 216 g/mol. The Morgan fingerprint density at radius 3 is 2.71 bits per heavy atom. The van der Waals surface area contributed by atoms with Crippen molar-refractivity contribution >= 4 is 5.97 Å². The van der Waals surface area contributed by atoms with Gasteiger partial charge in [-0.2, -0.15) is 0 Å². The number of carboxylic acid groups (broad SMARTS) is 1. The minimum absolute atomic E-state index is 0.390. The van der Waals surface area contributed by atoms with Gasteiger partial charge in [0.15, 0.2) is 0 Å². The Morgan fingerprint density at radius 2 is 2.06 bits per heavy atom. The monoisotopic (exact) mass is 234 g/mol. The van der Waals surface area contributed by atoms with Crippen LogP contribution in [0, 0.1) is 0 Å². The molecule has 0 heterocycles. The first-order chi connectivity index (χ1) is 8.18. The number of benzene rings is 1. The summed E-state index contributed by atoms with van der Waals surface area (Å²) in [7, 11) is 0. The van der Waals surface area contributed by atoms with Gasteiger partial charge in [0.05, 0.1) is 6.61 Å². The predicted octanol–water partition coefficient (Wildman–Crippen LogP) is 2.67. The third-order valence-electron chi connectivity index (χ3n) is 2.30. The number of rotatable bonds is 7. The van der Waals surface area contributed by atoms with Crippen LogP contribution in [0.5, 0.6) is 0 Å². The zero-order chi connectivity index (χ0) is 12.5. The van der Waals surface area contributed by atoms with Crippen LogP contribution in [0.3, 0.4) is 0 Å². The Morgan fingerprint density at radius 1 is 1.35 bits per heavy atom. The minimum Gasteiger partial charge on any atom is -0.478 e. The summed E-state index contributed by atoms with van der Waals surface area (Å²) in [4.78, 5) is 10.4. The number of carboxylic acids is 1. The summed E-state index contributed by atoms with van der Waals surface area (Å²) >= 11 is 0. The molecule has 1 N–H and O–H groups in total. The highest BCUT2D eigenvalue weighted by atomic mass is 16.5. The quantitative estimate of drug-likeness (QED) is 0.582. The molecule has 3 heteroatoms. The molecular formula is C14H18O3. The summed E-state index contributed by atoms with van der Waals surface area (Å²) in [6, 6.07) is 10.2. The SMILES string of the molecule is CC(=CC(=O)O)COCCCc1ccccc1. The van der Waals surface area contributed by atoms with Crippen LogP contribution in [0.4, 0.5) is 0 Å².